The number of rotatable bonds is 3. The van der Waals surface area contributed by atoms with E-state index in [4.69, 9.17) is 0 Å². The number of nitrogens with one attached hydrogen (secondary N) is 2. The highest BCUT2D eigenvalue weighted by molar-refractivity contribution is 5.64. The molecule has 0 unspecified atom stereocenters. The van der Waals surface area contributed by atoms with Gasteiger partial charge in [-0.05, 0) is 44.0 Å². The molecule has 0 saturated carbocycles. The third kappa shape index (κ3) is 2.42. The van der Waals surface area contributed by atoms with Crippen molar-refractivity contribution in [2.24, 2.45) is 0 Å². The second-order valence-electron chi connectivity index (χ2n) is 4.37. The lowest BCUT2D eigenvalue weighted by atomic mass is 10.1. The fourth-order valence-electron chi connectivity index (χ4n) is 1.78. The normalized spacial score (nSPS) is 10.2. The summed E-state index contributed by atoms with van der Waals surface area (Å²) in [6.45, 7) is 6.20. The summed E-state index contributed by atoms with van der Waals surface area (Å²) in [4.78, 5) is 8.44. The Kier molecular flexibility index (Phi) is 3.46. The summed E-state index contributed by atoms with van der Waals surface area (Å²) >= 11 is 0. The lowest BCUT2D eigenvalue weighted by Gasteiger charge is -2.12. The molecule has 2 N–H and O–H groups in total. The van der Waals surface area contributed by atoms with Crippen molar-refractivity contribution in [3.8, 4) is 0 Å². The molecule has 18 heavy (non-hydrogen) atoms. The minimum atomic E-state index is 0.831. The van der Waals surface area contributed by atoms with Crippen molar-refractivity contribution < 1.29 is 0 Å². The van der Waals surface area contributed by atoms with E-state index in [2.05, 4.69) is 52.6 Å². The third-order valence-corrected chi connectivity index (χ3v) is 3.09. The zero-order valence-electron chi connectivity index (χ0n) is 11.2. The van der Waals surface area contributed by atoms with Crippen molar-refractivity contribution in [1.29, 1.82) is 0 Å². The summed E-state index contributed by atoms with van der Waals surface area (Å²) in [5.41, 5.74) is 4.61. The molecular formula is C14H18N4. The van der Waals surface area contributed by atoms with Crippen molar-refractivity contribution in [3.63, 3.8) is 0 Å². The molecule has 0 bridgehead atoms. The first-order valence-corrected chi connectivity index (χ1v) is 5.95. The van der Waals surface area contributed by atoms with Crippen LogP contribution >= 0.6 is 0 Å². The maximum absolute atomic E-state index is 4.27. The number of anilines is 3. The molecule has 0 aliphatic heterocycles. The standard InChI is InChI=1S/C14H18N4/c1-9-5-6-12(7-10(9)2)18-14-11(3)13(15-4)16-8-17-14/h5-8H,1-4H3,(H2,15,16,17,18). The average Bonchev–Trinajstić information content (AvgIpc) is 2.36. The van der Waals surface area contributed by atoms with Crippen LogP contribution in [0.4, 0.5) is 17.3 Å². The molecule has 0 aliphatic carbocycles. The zero-order valence-corrected chi connectivity index (χ0v) is 11.2. The quantitative estimate of drug-likeness (QED) is 0.868. The summed E-state index contributed by atoms with van der Waals surface area (Å²) < 4.78 is 0. The van der Waals surface area contributed by atoms with Crippen LogP contribution in [0, 0.1) is 20.8 Å². The molecule has 0 fully saturated rings. The van der Waals surface area contributed by atoms with Gasteiger partial charge in [0.25, 0.3) is 0 Å². The molecule has 1 heterocycles. The van der Waals surface area contributed by atoms with Gasteiger partial charge in [0.2, 0.25) is 0 Å². The Labute approximate surface area is 107 Å². The molecule has 2 rings (SSSR count). The van der Waals surface area contributed by atoms with E-state index >= 15 is 0 Å². The first-order chi connectivity index (χ1) is 8.61. The van der Waals surface area contributed by atoms with Gasteiger partial charge < -0.3 is 10.6 Å². The molecule has 0 radical (unpaired) electrons. The van der Waals surface area contributed by atoms with E-state index in [1.54, 1.807) is 6.33 Å². The first kappa shape index (κ1) is 12.4. The van der Waals surface area contributed by atoms with Gasteiger partial charge in [0, 0.05) is 18.3 Å². The predicted molar refractivity (Wildman–Crippen MR) is 75.5 cm³/mol. The Morgan fingerprint density at radius 1 is 0.944 bits per heavy atom. The molecular weight excluding hydrogens is 224 g/mol. The number of benzene rings is 1. The molecule has 1 aromatic heterocycles. The fourth-order valence-corrected chi connectivity index (χ4v) is 1.78. The monoisotopic (exact) mass is 242 g/mol. The van der Waals surface area contributed by atoms with Gasteiger partial charge in [-0.25, -0.2) is 9.97 Å². The van der Waals surface area contributed by atoms with E-state index in [0.29, 0.717) is 0 Å². The van der Waals surface area contributed by atoms with Gasteiger partial charge >= 0.3 is 0 Å². The van der Waals surface area contributed by atoms with E-state index < -0.39 is 0 Å². The second-order valence-corrected chi connectivity index (χ2v) is 4.37. The molecule has 4 heteroatoms. The van der Waals surface area contributed by atoms with Crippen LogP contribution in [0.1, 0.15) is 16.7 Å². The minimum absolute atomic E-state index is 0.831. The SMILES string of the molecule is CNc1ncnc(Nc2ccc(C)c(C)c2)c1C. The van der Waals surface area contributed by atoms with Gasteiger partial charge in [-0.2, -0.15) is 0 Å². The summed E-state index contributed by atoms with van der Waals surface area (Å²) in [6.07, 6.45) is 1.56. The van der Waals surface area contributed by atoms with Crippen LogP contribution in [0.15, 0.2) is 24.5 Å². The summed E-state index contributed by atoms with van der Waals surface area (Å²) in [5.74, 6) is 1.67. The minimum Gasteiger partial charge on any atom is -0.373 e. The Hall–Kier alpha value is -2.10. The van der Waals surface area contributed by atoms with Gasteiger partial charge in [0.1, 0.15) is 18.0 Å². The van der Waals surface area contributed by atoms with Crippen LogP contribution in [-0.2, 0) is 0 Å². The van der Waals surface area contributed by atoms with Crippen LogP contribution in [-0.4, -0.2) is 17.0 Å². The number of hydrogen-bond acceptors (Lipinski definition) is 4. The molecule has 2 aromatic rings. The Bertz CT molecular complexity index is 564. The van der Waals surface area contributed by atoms with Crippen LogP contribution in [0.3, 0.4) is 0 Å². The third-order valence-electron chi connectivity index (χ3n) is 3.09. The van der Waals surface area contributed by atoms with E-state index in [9.17, 15) is 0 Å². The summed E-state index contributed by atoms with van der Waals surface area (Å²) in [5, 5.41) is 6.37. The van der Waals surface area contributed by atoms with E-state index in [0.717, 1.165) is 22.9 Å². The number of hydrogen-bond donors (Lipinski definition) is 2. The molecule has 0 atom stereocenters. The maximum atomic E-state index is 4.27. The predicted octanol–water partition coefficient (Wildman–Crippen LogP) is 3.19. The van der Waals surface area contributed by atoms with Crippen LogP contribution in [0.2, 0.25) is 0 Å². The van der Waals surface area contributed by atoms with Gasteiger partial charge in [-0.3, -0.25) is 0 Å². The largest absolute Gasteiger partial charge is 0.373 e. The molecule has 94 valence electrons. The summed E-state index contributed by atoms with van der Waals surface area (Å²) in [7, 11) is 1.86. The van der Waals surface area contributed by atoms with Gasteiger partial charge in [-0.1, -0.05) is 6.07 Å². The van der Waals surface area contributed by atoms with Crippen LogP contribution in [0.25, 0.3) is 0 Å². The van der Waals surface area contributed by atoms with Crippen molar-refractivity contribution >= 4 is 17.3 Å². The number of aryl methyl sites for hydroxylation is 2. The highest BCUT2D eigenvalue weighted by Crippen LogP contribution is 2.23. The average molecular weight is 242 g/mol. The Morgan fingerprint density at radius 2 is 1.67 bits per heavy atom. The topological polar surface area (TPSA) is 49.8 Å². The zero-order chi connectivity index (χ0) is 13.1. The van der Waals surface area contributed by atoms with Crippen molar-refractivity contribution in [2.45, 2.75) is 20.8 Å². The van der Waals surface area contributed by atoms with E-state index in [1.165, 1.54) is 11.1 Å². The molecule has 0 aliphatic rings. The molecule has 1 aromatic carbocycles. The van der Waals surface area contributed by atoms with E-state index in [1.807, 2.05) is 14.0 Å². The maximum Gasteiger partial charge on any atom is 0.138 e. The van der Waals surface area contributed by atoms with Crippen LogP contribution in [0.5, 0.6) is 0 Å². The highest BCUT2D eigenvalue weighted by Gasteiger charge is 2.06. The number of aromatic nitrogens is 2. The van der Waals surface area contributed by atoms with Crippen molar-refractivity contribution in [1.82, 2.24) is 9.97 Å². The molecule has 0 spiro atoms. The lowest BCUT2D eigenvalue weighted by molar-refractivity contribution is 1.12. The second kappa shape index (κ2) is 5.04. The van der Waals surface area contributed by atoms with Crippen LogP contribution < -0.4 is 10.6 Å². The van der Waals surface area contributed by atoms with Gasteiger partial charge in [0.15, 0.2) is 0 Å². The highest BCUT2D eigenvalue weighted by atomic mass is 15.1. The van der Waals surface area contributed by atoms with Gasteiger partial charge in [0.05, 0.1) is 0 Å². The summed E-state index contributed by atoms with van der Waals surface area (Å²) in [6, 6.07) is 6.28. The smallest absolute Gasteiger partial charge is 0.138 e. The molecule has 0 amide bonds. The first-order valence-electron chi connectivity index (χ1n) is 5.95. The lowest BCUT2D eigenvalue weighted by Crippen LogP contribution is -2.02. The molecule has 0 saturated heterocycles. The molecule has 4 nitrogen and oxygen atoms in total. The van der Waals surface area contributed by atoms with Crippen molar-refractivity contribution in [2.75, 3.05) is 17.7 Å². The van der Waals surface area contributed by atoms with Gasteiger partial charge in [-0.15, -0.1) is 0 Å². The Balaban J connectivity index is 2.31. The Morgan fingerprint density at radius 3 is 2.33 bits per heavy atom. The fraction of sp³-hybridized carbons (Fsp3) is 0.286. The van der Waals surface area contributed by atoms with E-state index in [-0.39, 0.29) is 0 Å². The number of nitrogens with zero attached hydrogens (tertiary/aromatic N) is 2. The van der Waals surface area contributed by atoms with Crippen molar-refractivity contribution in [3.05, 3.63) is 41.2 Å².